The summed E-state index contributed by atoms with van der Waals surface area (Å²) < 4.78 is 0. The van der Waals surface area contributed by atoms with Crippen molar-refractivity contribution in [1.82, 2.24) is 10.2 Å². The van der Waals surface area contributed by atoms with E-state index >= 15 is 0 Å². The van der Waals surface area contributed by atoms with E-state index in [0.717, 1.165) is 18.4 Å². The molecule has 16 heavy (non-hydrogen) atoms. The van der Waals surface area contributed by atoms with Gasteiger partial charge in [-0.05, 0) is 56.8 Å². The van der Waals surface area contributed by atoms with Crippen LogP contribution < -0.4 is 5.32 Å². The summed E-state index contributed by atoms with van der Waals surface area (Å²) in [5.41, 5.74) is 0.511. The summed E-state index contributed by atoms with van der Waals surface area (Å²) in [7, 11) is 2.07. The highest BCUT2D eigenvalue weighted by molar-refractivity contribution is 4.87. The fraction of sp³-hybridized carbons (Fsp3) is 1.00. The van der Waals surface area contributed by atoms with Gasteiger partial charge in [-0.2, -0.15) is 0 Å². The molecule has 0 aromatic heterocycles. The Morgan fingerprint density at radius 1 is 1.38 bits per heavy atom. The van der Waals surface area contributed by atoms with Gasteiger partial charge in [0.05, 0.1) is 0 Å². The Bertz CT molecular complexity index is 197. The number of hydrogen-bond acceptors (Lipinski definition) is 2. The van der Waals surface area contributed by atoms with Gasteiger partial charge in [0.25, 0.3) is 0 Å². The average Bonchev–Trinajstić information content (AvgIpc) is 2.19. The standard InChI is InChI=1S/C14H30N2/c1-12(2)6-8-16-9-7-14(3,4)13(11-16)10-15-5/h12-13,15H,6-11H2,1-5H3. The molecule has 0 aromatic rings. The Kier molecular flexibility index (Phi) is 5.26. The molecule has 0 saturated carbocycles. The van der Waals surface area contributed by atoms with Gasteiger partial charge in [-0.1, -0.05) is 27.7 Å². The summed E-state index contributed by atoms with van der Waals surface area (Å²) in [6.07, 6.45) is 2.68. The van der Waals surface area contributed by atoms with E-state index in [0.29, 0.717) is 5.41 Å². The van der Waals surface area contributed by atoms with Gasteiger partial charge in [0, 0.05) is 6.54 Å². The van der Waals surface area contributed by atoms with Crippen LogP contribution in [-0.4, -0.2) is 38.1 Å². The zero-order chi connectivity index (χ0) is 12.2. The quantitative estimate of drug-likeness (QED) is 0.775. The lowest BCUT2D eigenvalue weighted by atomic mass is 9.73. The topological polar surface area (TPSA) is 15.3 Å². The van der Waals surface area contributed by atoms with E-state index in [4.69, 9.17) is 0 Å². The number of nitrogens with zero attached hydrogens (tertiary/aromatic N) is 1. The fourth-order valence-electron chi connectivity index (χ4n) is 2.53. The maximum Gasteiger partial charge on any atom is 0.00269 e. The van der Waals surface area contributed by atoms with E-state index in [1.807, 2.05) is 0 Å². The van der Waals surface area contributed by atoms with Crippen molar-refractivity contribution < 1.29 is 0 Å². The van der Waals surface area contributed by atoms with Crippen molar-refractivity contribution in [3.63, 3.8) is 0 Å². The SMILES string of the molecule is CNCC1CN(CCC(C)C)CCC1(C)C. The van der Waals surface area contributed by atoms with Crippen molar-refractivity contribution in [2.75, 3.05) is 33.2 Å². The molecule has 1 atom stereocenters. The van der Waals surface area contributed by atoms with Gasteiger partial charge >= 0.3 is 0 Å². The van der Waals surface area contributed by atoms with E-state index in [2.05, 4.69) is 45.0 Å². The Morgan fingerprint density at radius 2 is 2.06 bits per heavy atom. The lowest BCUT2D eigenvalue weighted by Gasteiger charge is -2.44. The molecule has 2 heteroatoms. The molecule has 0 spiro atoms. The molecule has 1 fully saturated rings. The first kappa shape index (κ1) is 14.0. The van der Waals surface area contributed by atoms with E-state index in [9.17, 15) is 0 Å². The zero-order valence-electron chi connectivity index (χ0n) is 11.8. The summed E-state index contributed by atoms with van der Waals surface area (Å²) in [6, 6.07) is 0. The molecule has 1 heterocycles. The van der Waals surface area contributed by atoms with Crippen LogP contribution in [0.2, 0.25) is 0 Å². The lowest BCUT2D eigenvalue weighted by Crippen LogP contribution is -2.48. The zero-order valence-corrected chi connectivity index (χ0v) is 11.8. The third-order valence-electron chi connectivity index (χ3n) is 4.13. The second-order valence-corrected chi connectivity index (χ2v) is 6.48. The van der Waals surface area contributed by atoms with Crippen molar-refractivity contribution in [3.8, 4) is 0 Å². The number of nitrogens with one attached hydrogen (secondary N) is 1. The van der Waals surface area contributed by atoms with Crippen LogP contribution in [0, 0.1) is 17.3 Å². The lowest BCUT2D eigenvalue weighted by molar-refractivity contribution is 0.0585. The molecule has 1 rings (SSSR count). The molecule has 0 amide bonds. The number of rotatable bonds is 5. The minimum atomic E-state index is 0.511. The molecule has 1 N–H and O–H groups in total. The van der Waals surface area contributed by atoms with E-state index in [-0.39, 0.29) is 0 Å². The Balaban J connectivity index is 2.42. The smallest absolute Gasteiger partial charge is 0.00269 e. The summed E-state index contributed by atoms with van der Waals surface area (Å²) >= 11 is 0. The van der Waals surface area contributed by atoms with Crippen LogP contribution in [0.4, 0.5) is 0 Å². The molecule has 2 nitrogen and oxygen atoms in total. The fourth-order valence-corrected chi connectivity index (χ4v) is 2.53. The summed E-state index contributed by atoms with van der Waals surface area (Å²) in [4.78, 5) is 2.66. The van der Waals surface area contributed by atoms with Crippen LogP contribution in [0.25, 0.3) is 0 Å². The summed E-state index contributed by atoms with van der Waals surface area (Å²) in [5, 5.41) is 3.35. The van der Waals surface area contributed by atoms with Crippen LogP contribution in [0.1, 0.15) is 40.5 Å². The van der Waals surface area contributed by atoms with Crippen molar-refractivity contribution in [1.29, 1.82) is 0 Å². The molecule has 0 aliphatic carbocycles. The molecule has 1 aliphatic heterocycles. The molecular formula is C14H30N2. The van der Waals surface area contributed by atoms with E-state index < -0.39 is 0 Å². The number of likely N-dealkylation sites (tertiary alicyclic amines) is 1. The highest BCUT2D eigenvalue weighted by Gasteiger charge is 2.34. The Hall–Kier alpha value is -0.0800. The maximum atomic E-state index is 3.35. The van der Waals surface area contributed by atoms with Crippen LogP contribution in [-0.2, 0) is 0 Å². The first-order chi connectivity index (χ1) is 7.45. The number of hydrogen-bond donors (Lipinski definition) is 1. The third-order valence-corrected chi connectivity index (χ3v) is 4.13. The molecule has 1 saturated heterocycles. The van der Waals surface area contributed by atoms with Crippen LogP contribution >= 0.6 is 0 Å². The molecule has 1 aliphatic rings. The first-order valence-corrected chi connectivity index (χ1v) is 6.82. The highest BCUT2D eigenvalue weighted by atomic mass is 15.1. The second-order valence-electron chi connectivity index (χ2n) is 6.48. The maximum absolute atomic E-state index is 3.35. The Morgan fingerprint density at radius 3 is 2.62 bits per heavy atom. The van der Waals surface area contributed by atoms with Crippen molar-refractivity contribution in [3.05, 3.63) is 0 Å². The third kappa shape index (κ3) is 4.06. The van der Waals surface area contributed by atoms with Gasteiger partial charge < -0.3 is 10.2 Å². The number of piperidine rings is 1. The van der Waals surface area contributed by atoms with Crippen LogP contribution in [0.5, 0.6) is 0 Å². The minimum absolute atomic E-state index is 0.511. The molecular weight excluding hydrogens is 196 g/mol. The monoisotopic (exact) mass is 226 g/mol. The van der Waals surface area contributed by atoms with Crippen molar-refractivity contribution in [2.45, 2.75) is 40.5 Å². The van der Waals surface area contributed by atoms with Gasteiger partial charge in [0.15, 0.2) is 0 Å². The van der Waals surface area contributed by atoms with Gasteiger partial charge in [-0.25, -0.2) is 0 Å². The van der Waals surface area contributed by atoms with Crippen molar-refractivity contribution in [2.24, 2.45) is 17.3 Å². The Labute approximate surface area is 102 Å². The average molecular weight is 226 g/mol. The van der Waals surface area contributed by atoms with Crippen molar-refractivity contribution >= 4 is 0 Å². The van der Waals surface area contributed by atoms with E-state index in [1.165, 1.54) is 32.5 Å². The molecule has 1 unspecified atom stereocenters. The van der Waals surface area contributed by atoms with Gasteiger partial charge in [0.1, 0.15) is 0 Å². The first-order valence-electron chi connectivity index (χ1n) is 6.82. The summed E-state index contributed by atoms with van der Waals surface area (Å²) in [5.74, 6) is 1.64. The van der Waals surface area contributed by atoms with Gasteiger partial charge in [0.2, 0.25) is 0 Å². The van der Waals surface area contributed by atoms with Gasteiger partial charge in [-0.3, -0.25) is 0 Å². The normalized spacial score (nSPS) is 26.2. The second kappa shape index (κ2) is 6.02. The van der Waals surface area contributed by atoms with Crippen LogP contribution in [0.3, 0.4) is 0 Å². The summed E-state index contributed by atoms with van der Waals surface area (Å²) in [6.45, 7) is 14.5. The molecule has 96 valence electrons. The van der Waals surface area contributed by atoms with Gasteiger partial charge in [-0.15, -0.1) is 0 Å². The molecule has 0 bridgehead atoms. The van der Waals surface area contributed by atoms with E-state index in [1.54, 1.807) is 0 Å². The predicted octanol–water partition coefficient (Wildman–Crippen LogP) is 2.60. The highest BCUT2D eigenvalue weighted by Crippen LogP contribution is 2.35. The predicted molar refractivity (Wildman–Crippen MR) is 71.7 cm³/mol. The van der Waals surface area contributed by atoms with Crippen LogP contribution in [0.15, 0.2) is 0 Å². The molecule has 0 radical (unpaired) electrons. The molecule has 0 aromatic carbocycles. The minimum Gasteiger partial charge on any atom is -0.319 e. The largest absolute Gasteiger partial charge is 0.319 e.